The Kier molecular flexibility index (Phi) is 10.5. The maximum absolute atomic E-state index is 12.3. The average Bonchev–Trinajstić information content (AvgIpc) is 2.93. The molecule has 1 atom stereocenters. The van der Waals surface area contributed by atoms with E-state index in [4.69, 9.17) is 13.9 Å². The molecule has 0 aliphatic carbocycles. The lowest BCUT2D eigenvalue weighted by Crippen LogP contribution is -2.67. The van der Waals surface area contributed by atoms with Crippen LogP contribution in [0.4, 0.5) is 0 Å². The van der Waals surface area contributed by atoms with Crippen molar-refractivity contribution in [1.82, 2.24) is 0 Å². The van der Waals surface area contributed by atoms with E-state index in [9.17, 15) is 10.3 Å². The summed E-state index contributed by atoms with van der Waals surface area (Å²) in [6, 6.07) is 27.7. The zero-order chi connectivity index (χ0) is 27.4. The van der Waals surface area contributed by atoms with Crippen LogP contribution in [-0.4, -0.2) is 34.0 Å². The molecule has 0 fully saturated rings. The molecule has 0 aliphatic rings. The molecule has 0 bridgehead atoms. The van der Waals surface area contributed by atoms with Gasteiger partial charge >= 0.3 is 5.97 Å². The topological polar surface area (TPSA) is 93.5 Å². The highest BCUT2D eigenvalue weighted by Gasteiger charge is 2.50. The number of carbonyl (C=O) groups is 1. The molecule has 0 unspecified atom stereocenters. The molecule has 0 radical (unpaired) electrons. The third-order valence-corrected chi connectivity index (χ3v) is 11.6. The van der Waals surface area contributed by atoms with Gasteiger partial charge in [-0.2, -0.15) is 0 Å². The van der Waals surface area contributed by atoms with Crippen LogP contribution in [-0.2, 0) is 20.6 Å². The predicted octanol–water partition coefficient (Wildman–Crippen LogP) is 6.16. The Morgan fingerprint density at radius 1 is 0.947 bits per heavy atom. The van der Waals surface area contributed by atoms with Gasteiger partial charge < -0.3 is 13.9 Å². The number of hydrogen-bond donors (Lipinski definition) is 0. The number of rotatable bonds is 13. The van der Waals surface area contributed by atoms with Gasteiger partial charge in [0.15, 0.2) is 0 Å². The Bertz CT molecular complexity index is 1150. The summed E-state index contributed by atoms with van der Waals surface area (Å²) in [5.74, 6) is 0.470. The number of azide groups is 1. The fourth-order valence-electron chi connectivity index (χ4n) is 4.67. The summed E-state index contributed by atoms with van der Waals surface area (Å²) in [6.07, 6.45) is 1.31. The molecule has 3 rings (SSSR count). The fourth-order valence-corrected chi connectivity index (χ4v) is 9.27. The summed E-state index contributed by atoms with van der Waals surface area (Å²) in [6.45, 7) is 7.11. The molecule has 38 heavy (non-hydrogen) atoms. The Labute approximate surface area is 226 Å². The summed E-state index contributed by atoms with van der Waals surface area (Å²) in [5, 5.41) is 6.17. The van der Waals surface area contributed by atoms with E-state index < -0.39 is 14.4 Å². The van der Waals surface area contributed by atoms with Crippen LogP contribution in [0.3, 0.4) is 0 Å². The first-order valence-corrected chi connectivity index (χ1v) is 14.8. The van der Waals surface area contributed by atoms with Crippen molar-refractivity contribution in [2.24, 2.45) is 5.11 Å². The van der Waals surface area contributed by atoms with Crippen LogP contribution in [0, 0.1) is 0 Å². The van der Waals surface area contributed by atoms with Gasteiger partial charge in [-0.05, 0) is 51.5 Å². The second kappa shape index (κ2) is 13.8. The van der Waals surface area contributed by atoms with E-state index in [1.807, 2.05) is 60.7 Å². The first kappa shape index (κ1) is 29.0. The van der Waals surface area contributed by atoms with Gasteiger partial charge in [-0.1, -0.05) is 98.7 Å². The van der Waals surface area contributed by atoms with Crippen LogP contribution < -0.4 is 15.1 Å². The highest BCUT2D eigenvalue weighted by Crippen LogP contribution is 2.37. The highest BCUT2D eigenvalue weighted by atomic mass is 28.4. The number of nitrogens with zero attached hydrogens (tertiary/aromatic N) is 3. The third-order valence-electron chi connectivity index (χ3n) is 6.60. The molecule has 3 aromatic rings. The quantitative estimate of drug-likeness (QED) is 0.0867. The first-order valence-electron chi connectivity index (χ1n) is 12.9. The summed E-state index contributed by atoms with van der Waals surface area (Å²) < 4.78 is 17.5. The number of benzene rings is 3. The average molecular weight is 532 g/mol. The minimum absolute atomic E-state index is 0.179. The van der Waals surface area contributed by atoms with Crippen LogP contribution in [0.15, 0.2) is 90.0 Å². The van der Waals surface area contributed by atoms with Crippen LogP contribution >= 0.6 is 0 Å². The summed E-state index contributed by atoms with van der Waals surface area (Å²) >= 11 is 0. The van der Waals surface area contributed by atoms with Gasteiger partial charge in [-0.25, -0.2) is 0 Å². The Morgan fingerprint density at radius 2 is 1.53 bits per heavy atom. The van der Waals surface area contributed by atoms with Crippen molar-refractivity contribution in [3.63, 3.8) is 0 Å². The van der Waals surface area contributed by atoms with Gasteiger partial charge in [0, 0.05) is 17.9 Å². The Hall–Kier alpha value is -3.58. The standard InChI is InChI=1S/C30H37N3O4Si/c1-30(2,3)38(27-13-7-5-8-14-27,28-15-9-6-10-16-28)37-23-25(32-33-31)12-11-17-29(34)36-22-24-18-20-26(35-4)21-19-24/h5-10,13-16,18-21,25H,11-12,17,22-23H2,1-4H3/t25-/m1/s1. The van der Waals surface area contributed by atoms with E-state index in [-0.39, 0.29) is 30.6 Å². The van der Waals surface area contributed by atoms with Crippen molar-refractivity contribution in [2.45, 2.75) is 57.7 Å². The van der Waals surface area contributed by atoms with E-state index in [0.29, 0.717) is 12.8 Å². The molecule has 0 aliphatic heterocycles. The molecule has 0 saturated heterocycles. The van der Waals surface area contributed by atoms with Crippen molar-refractivity contribution in [1.29, 1.82) is 0 Å². The van der Waals surface area contributed by atoms with E-state index in [0.717, 1.165) is 11.3 Å². The van der Waals surface area contributed by atoms with Crippen molar-refractivity contribution in [3.8, 4) is 5.75 Å². The van der Waals surface area contributed by atoms with Crippen LogP contribution in [0.5, 0.6) is 5.75 Å². The van der Waals surface area contributed by atoms with Gasteiger partial charge in [0.05, 0.1) is 13.2 Å². The smallest absolute Gasteiger partial charge is 0.306 e. The van der Waals surface area contributed by atoms with Crippen LogP contribution in [0.1, 0.15) is 45.6 Å². The van der Waals surface area contributed by atoms with E-state index in [1.165, 1.54) is 10.4 Å². The highest BCUT2D eigenvalue weighted by molar-refractivity contribution is 6.99. The first-order chi connectivity index (χ1) is 18.3. The van der Waals surface area contributed by atoms with Gasteiger partial charge in [-0.15, -0.1) is 0 Å². The monoisotopic (exact) mass is 531 g/mol. The van der Waals surface area contributed by atoms with Gasteiger partial charge in [0.1, 0.15) is 12.4 Å². The molecule has 8 heteroatoms. The number of methoxy groups -OCH3 is 1. The van der Waals surface area contributed by atoms with Gasteiger partial charge in [0.2, 0.25) is 0 Å². The molecule has 0 aromatic heterocycles. The Morgan fingerprint density at radius 3 is 2.03 bits per heavy atom. The lowest BCUT2D eigenvalue weighted by atomic mass is 10.1. The SMILES string of the molecule is COc1ccc(COC(=O)CCC[C@H](CO[Si](c2ccccc2)(c2ccccc2)C(C)(C)C)N=[N+]=[N-])cc1. The maximum atomic E-state index is 12.3. The van der Waals surface area contributed by atoms with Gasteiger partial charge in [-0.3, -0.25) is 4.79 Å². The number of hydrogen-bond acceptors (Lipinski definition) is 5. The molecule has 200 valence electrons. The minimum atomic E-state index is -2.74. The zero-order valence-corrected chi connectivity index (χ0v) is 23.7. The lowest BCUT2D eigenvalue weighted by Gasteiger charge is -2.43. The molecule has 0 N–H and O–H groups in total. The molecule has 0 heterocycles. The van der Waals surface area contributed by atoms with Crippen LogP contribution in [0.25, 0.3) is 10.4 Å². The number of esters is 1. The largest absolute Gasteiger partial charge is 0.497 e. The minimum Gasteiger partial charge on any atom is -0.497 e. The predicted molar refractivity (Wildman–Crippen MR) is 153 cm³/mol. The van der Waals surface area contributed by atoms with E-state index in [2.05, 4.69) is 55.1 Å². The molecular formula is C30H37N3O4Si. The van der Waals surface area contributed by atoms with Crippen molar-refractivity contribution in [2.75, 3.05) is 13.7 Å². The van der Waals surface area contributed by atoms with Crippen molar-refractivity contribution in [3.05, 3.63) is 101 Å². The summed E-state index contributed by atoms with van der Waals surface area (Å²) in [4.78, 5) is 15.4. The van der Waals surface area contributed by atoms with Crippen molar-refractivity contribution < 1.29 is 18.7 Å². The molecule has 3 aromatic carbocycles. The Balaban J connectivity index is 1.66. The molecule has 0 amide bonds. The second-order valence-corrected chi connectivity index (χ2v) is 14.5. The maximum Gasteiger partial charge on any atom is 0.306 e. The van der Waals surface area contributed by atoms with Gasteiger partial charge in [0.25, 0.3) is 8.32 Å². The summed E-state index contributed by atoms with van der Waals surface area (Å²) in [7, 11) is -1.13. The lowest BCUT2D eigenvalue weighted by molar-refractivity contribution is -0.145. The van der Waals surface area contributed by atoms with E-state index in [1.54, 1.807) is 7.11 Å². The number of ether oxygens (including phenoxy) is 2. The zero-order valence-electron chi connectivity index (χ0n) is 22.7. The molecule has 7 nitrogen and oxygen atoms in total. The van der Waals surface area contributed by atoms with Crippen molar-refractivity contribution >= 4 is 24.7 Å². The van der Waals surface area contributed by atoms with Crippen LogP contribution in [0.2, 0.25) is 5.04 Å². The molecule has 0 saturated carbocycles. The molecular weight excluding hydrogens is 494 g/mol. The fraction of sp³-hybridized carbons (Fsp3) is 0.367. The van der Waals surface area contributed by atoms with E-state index >= 15 is 0 Å². The number of carbonyl (C=O) groups excluding carboxylic acids is 1. The molecule has 0 spiro atoms. The normalized spacial score (nSPS) is 12.3. The summed E-state index contributed by atoms with van der Waals surface area (Å²) in [5.41, 5.74) is 10.1. The third kappa shape index (κ3) is 7.48. The second-order valence-electron chi connectivity index (χ2n) is 10.2.